The Balaban J connectivity index is 1.33. The lowest BCUT2D eigenvalue weighted by atomic mass is 9.86. The van der Waals surface area contributed by atoms with Crippen molar-refractivity contribution in [2.24, 2.45) is 0 Å². The molecule has 0 atom stereocenters. The number of hydrogen-bond donors (Lipinski definition) is 2. The molecule has 8 bridgehead atoms. The Hall–Kier alpha value is -9.28. The van der Waals surface area contributed by atoms with Crippen LogP contribution in [-0.2, 0) is 0 Å². The molecule has 88 heavy (non-hydrogen) atoms. The first-order valence-electron chi connectivity index (χ1n) is 29.1. The molecule has 4 nitrogen and oxygen atoms in total. The molecule has 15 rings (SSSR count). The number of benzene rings is 10. The predicted molar refractivity (Wildman–Crippen MR) is 382 cm³/mol. The van der Waals surface area contributed by atoms with E-state index in [1.165, 1.54) is 0 Å². The number of hydrogen-bond acceptors (Lipinski definition) is 2. The van der Waals surface area contributed by atoms with E-state index in [-0.39, 0.29) is 0 Å². The van der Waals surface area contributed by atoms with E-state index in [1.807, 2.05) is 0 Å². The first-order valence-corrected chi connectivity index (χ1v) is 32.2. The fourth-order valence-corrected chi connectivity index (χ4v) is 13.7. The van der Waals surface area contributed by atoms with Crippen LogP contribution in [0.2, 0.25) is 0 Å². The van der Waals surface area contributed by atoms with Crippen LogP contribution in [0.15, 0.2) is 297 Å². The van der Waals surface area contributed by atoms with Crippen LogP contribution in [0, 0.1) is 0 Å². The molecule has 0 amide bonds. The van der Waals surface area contributed by atoms with E-state index < -0.39 is 0 Å². The number of nitrogens with one attached hydrogen (secondary N) is 2. The Morgan fingerprint density at radius 2 is 0.420 bits per heavy atom. The molecule has 418 valence electrons. The lowest BCUT2D eigenvalue weighted by Gasteiger charge is -2.15. The van der Waals surface area contributed by atoms with Gasteiger partial charge in [0.25, 0.3) is 0 Å². The molecule has 2 aliphatic heterocycles. The minimum Gasteiger partial charge on any atom is -0.353 e. The van der Waals surface area contributed by atoms with Gasteiger partial charge < -0.3 is 9.97 Å². The number of halogens is 4. The summed E-state index contributed by atoms with van der Waals surface area (Å²) in [5.74, 6) is 0. The monoisotopic (exact) mass is 1380 g/mol. The lowest BCUT2D eigenvalue weighted by molar-refractivity contribution is 1.29. The Bertz CT molecular complexity index is 4710. The molecule has 0 aliphatic carbocycles. The molecule has 13 aromatic rings. The normalized spacial score (nSPS) is 12.0. The van der Waals surface area contributed by atoms with Crippen molar-refractivity contribution in [1.82, 2.24) is 19.9 Å². The maximum atomic E-state index is 6.41. The summed E-state index contributed by atoms with van der Waals surface area (Å²) in [7, 11) is 0. The van der Waals surface area contributed by atoms with E-state index >= 15 is 0 Å². The van der Waals surface area contributed by atoms with Gasteiger partial charge >= 0.3 is 0 Å². The summed E-state index contributed by atoms with van der Waals surface area (Å²) in [5, 5.41) is 0. The summed E-state index contributed by atoms with van der Waals surface area (Å²) in [6.07, 6.45) is 4.41. The zero-order valence-corrected chi connectivity index (χ0v) is 53.5. The standard InChI is InChI=1S/C80H50Br4N4/c81-59-39-31-55(32-40-59)65-63-47-48-64(85-63)66(56-33-41-60(82)42-34-56)76-68(50-21-9-2-10-22-50)70(52-25-13-4-14-26-52)78(87-76)74(58-37-45-62(84)46-38-58)80-72(54-29-17-6-18-30-54)71(53-27-15-5-16-28-53)79(88-80)73(57-35-43-61(83)44-36-57)77-69(51-23-11-3-12-24-51)67(75(65)86-77)49-19-7-1-8-20-49/h1-48,86-87H. The van der Waals surface area contributed by atoms with Crippen molar-refractivity contribution in [2.45, 2.75) is 0 Å². The third-order valence-electron chi connectivity index (χ3n) is 16.5. The van der Waals surface area contributed by atoms with Crippen molar-refractivity contribution in [2.75, 3.05) is 0 Å². The molecular formula is C80H50Br4N4. The van der Waals surface area contributed by atoms with Crippen molar-refractivity contribution >= 4 is 109 Å². The molecule has 0 saturated carbocycles. The van der Waals surface area contributed by atoms with E-state index in [9.17, 15) is 0 Å². The minimum atomic E-state index is 0.803. The summed E-state index contributed by atoms with van der Waals surface area (Å²) < 4.78 is 3.88. The second-order valence-electron chi connectivity index (χ2n) is 21.7. The van der Waals surface area contributed by atoms with Crippen LogP contribution in [0.1, 0.15) is 33.9 Å². The first kappa shape index (κ1) is 55.3. The highest BCUT2D eigenvalue weighted by atomic mass is 79.9. The maximum Gasteiger partial charge on any atom is 0.0822 e. The molecular weight excluding hydrogens is 1340 g/mol. The number of rotatable bonds is 10. The van der Waals surface area contributed by atoms with Crippen LogP contribution in [0.4, 0.5) is 0 Å². The minimum absolute atomic E-state index is 0.803. The van der Waals surface area contributed by atoms with Crippen LogP contribution < -0.4 is 0 Å². The molecule has 0 spiro atoms. The van der Waals surface area contributed by atoms with Gasteiger partial charge in [0, 0.05) is 73.5 Å². The summed E-state index contributed by atoms with van der Waals surface area (Å²) in [4.78, 5) is 21.1. The van der Waals surface area contributed by atoms with Gasteiger partial charge in [-0.3, -0.25) is 0 Å². The SMILES string of the molecule is Brc1ccc(-c2c3nc(c(-c4ccc(Br)cc4)c4[nH]c(c(-c5ccc(Br)cc5)c5nc(c(-c6ccc(Br)cc6)c6[nH]c2c(-c2ccccc2)c6-c2ccccc2)C(c2ccccc2)=C5c2ccccc2)c(-c2ccccc2)c4-c2ccccc2)C=C3)cc1. The van der Waals surface area contributed by atoms with E-state index in [1.54, 1.807) is 0 Å². The lowest BCUT2D eigenvalue weighted by Crippen LogP contribution is -1.95. The first-order chi connectivity index (χ1) is 43.3. The number of fused-ring (bicyclic) bond motifs is 8. The Morgan fingerprint density at radius 3 is 0.682 bits per heavy atom. The van der Waals surface area contributed by atoms with Gasteiger partial charge in [-0.25, -0.2) is 9.97 Å². The smallest absolute Gasteiger partial charge is 0.0822 e. The van der Waals surface area contributed by atoms with Crippen molar-refractivity contribution in [3.05, 3.63) is 331 Å². The molecule has 0 fully saturated rings. The fourth-order valence-electron chi connectivity index (χ4n) is 12.7. The molecule has 10 aromatic carbocycles. The van der Waals surface area contributed by atoms with E-state index in [4.69, 9.17) is 9.97 Å². The molecule has 2 aliphatic rings. The van der Waals surface area contributed by atoms with Gasteiger partial charge in [-0.05, 0) is 116 Å². The van der Waals surface area contributed by atoms with Crippen LogP contribution in [-0.4, -0.2) is 19.9 Å². The predicted octanol–water partition coefficient (Wildman–Crippen LogP) is 23.9. The zero-order valence-electron chi connectivity index (χ0n) is 47.1. The van der Waals surface area contributed by atoms with E-state index in [0.29, 0.717) is 0 Å². The quantitative estimate of drug-likeness (QED) is 0.143. The van der Waals surface area contributed by atoms with Crippen LogP contribution >= 0.6 is 63.7 Å². The van der Waals surface area contributed by atoms with Gasteiger partial charge in [0.2, 0.25) is 0 Å². The third-order valence-corrected chi connectivity index (χ3v) is 18.6. The maximum absolute atomic E-state index is 6.41. The summed E-state index contributed by atoms with van der Waals surface area (Å²) in [6.45, 7) is 0. The highest BCUT2D eigenvalue weighted by Crippen LogP contribution is 2.54. The molecule has 2 N–H and O–H groups in total. The van der Waals surface area contributed by atoms with Gasteiger partial charge in [-0.2, -0.15) is 0 Å². The zero-order chi connectivity index (χ0) is 59.2. The van der Waals surface area contributed by atoms with Crippen molar-refractivity contribution < 1.29 is 0 Å². The topological polar surface area (TPSA) is 57.4 Å². The Labute approximate surface area is 544 Å². The van der Waals surface area contributed by atoms with Crippen molar-refractivity contribution in [3.63, 3.8) is 0 Å². The highest BCUT2D eigenvalue weighted by Gasteiger charge is 2.34. The van der Waals surface area contributed by atoms with E-state index in [0.717, 1.165) is 174 Å². The molecule has 3 aromatic heterocycles. The molecule has 0 saturated heterocycles. The number of aromatic nitrogens is 4. The Kier molecular flexibility index (Phi) is 14.9. The molecule has 0 unspecified atom stereocenters. The van der Waals surface area contributed by atoms with E-state index in [2.05, 4.69) is 365 Å². The van der Waals surface area contributed by atoms with Gasteiger partial charge in [-0.15, -0.1) is 0 Å². The van der Waals surface area contributed by atoms with Crippen LogP contribution in [0.3, 0.4) is 0 Å². The fraction of sp³-hybridized carbons (Fsp3) is 0. The van der Waals surface area contributed by atoms with Gasteiger partial charge in [0.1, 0.15) is 0 Å². The average Bonchev–Trinajstić information content (AvgIpc) is 1.61. The average molecular weight is 1390 g/mol. The second-order valence-corrected chi connectivity index (χ2v) is 25.4. The second kappa shape index (κ2) is 23.8. The van der Waals surface area contributed by atoms with Gasteiger partial charge in [0.05, 0.1) is 44.8 Å². The number of aromatic amines is 2. The summed E-state index contributed by atoms with van der Waals surface area (Å²) >= 11 is 15.4. The third kappa shape index (κ3) is 10.2. The van der Waals surface area contributed by atoms with Crippen molar-refractivity contribution in [1.29, 1.82) is 0 Å². The van der Waals surface area contributed by atoms with Gasteiger partial charge in [-0.1, -0.05) is 294 Å². The largest absolute Gasteiger partial charge is 0.353 e. The molecule has 0 radical (unpaired) electrons. The number of nitrogens with zero attached hydrogens (tertiary/aromatic N) is 2. The molecule has 5 heterocycles. The molecule has 8 heteroatoms. The Morgan fingerprint density at radius 1 is 0.205 bits per heavy atom. The summed E-state index contributed by atoms with van der Waals surface area (Å²) in [6, 6.07) is 99.7. The van der Waals surface area contributed by atoms with Gasteiger partial charge in [0.15, 0.2) is 0 Å². The van der Waals surface area contributed by atoms with Crippen LogP contribution in [0.5, 0.6) is 0 Å². The number of H-pyrrole nitrogens is 2. The van der Waals surface area contributed by atoms with Crippen molar-refractivity contribution in [3.8, 4) is 89.0 Å². The highest BCUT2D eigenvalue weighted by molar-refractivity contribution is 9.11. The van der Waals surface area contributed by atoms with Crippen LogP contribution in [0.25, 0.3) is 134 Å². The summed E-state index contributed by atoms with van der Waals surface area (Å²) in [5.41, 5.74) is 26.9.